The number of hydrogen-bond donors (Lipinski definition) is 0. The van der Waals surface area contributed by atoms with Crippen molar-refractivity contribution in [2.45, 2.75) is 250 Å². The average Bonchev–Trinajstić information content (AvgIpc) is 1.35. The Morgan fingerprint density at radius 1 is 0.465 bits per heavy atom. The van der Waals surface area contributed by atoms with Crippen LogP contribution in [-0.4, -0.2) is 44.1 Å². The molecule has 8 aliphatic carbocycles. The highest BCUT2D eigenvalue weighted by Crippen LogP contribution is 2.69. The topological polar surface area (TPSA) is 104 Å². The highest BCUT2D eigenvalue weighted by Gasteiger charge is 2.61. The number of ether oxygens (including phenoxy) is 2. The number of hydrogen-bond acceptors (Lipinski definition) is 8. The van der Waals surface area contributed by atoms with Gasteiger partial charge in [0.05, 0.1) is 44.8 Å². The first-order chi connectivity index (χ1) is 41.0. The number of allylic oxidation sites excluding steroid dienone is 2. The molecule has 2 unspecified atom stereocenters. The molecular formula is C78H110N4O4. The summed E-state index contributed by atoms with van der Waals surface area (Å²) in [6, 6.07) is 15.4. The molecule has 8 heteroatoms. The van der Waals surface area contributed by atoms with Gasteiger partial charge >= 0.3 is 11.9 Å². The van der Waals surface area contributed by atoms with Crippen LogP contribution in [0, 0.1) is 120 Å². The molecule has 0 N–H and O–H groups in total. The maximum Gasteiger partial charge on any atom is 0.342 e. The summed E-state index contributed by atoms with van der Waals surface area (Å²) < 4.78 is 13.3. The van der Waals surface area contributed by atoms with Crippen molar-refractivity contribution in [1.29, 1.82) is 0 Å². The van der Waals surface area contributed by atoms with Crippen LogP contribution >= 0.6 is 0 Å². The van der Waals surface area contributed by atoms with E-state index in [2.05, 4.69) is 81.4 Å². The van der Waals surface area contributed by atoms with E-state index in [1.54, 1.807) is 0 Å². The van der Waals surface area contributed by atoms with Crippen LogP contribution < -0.4 is 0 Å². The quantitative estimate of drug-likeness (QED) is 0.116. The normalized spacial score (nSPS) is 34.2. The van der Waals surface area contributed by atoms with E-state index in [-0.39, 0.29) is 23.0 Å². The maximum atomic E-state index is 15.0. The van der Waals surface area contributed by atoms with Crippen LogP contribution in [0.2, 0.25) is 0 Å². The van der Waals surface area contributed by atoms with Gasteiger partial charge in [-0.25, -0.2) is 9.59 Å². The SMILES string of the molecule is Cc1nc2ccccc2nc(C)c(C(=O)OC2CC[C@@]3(C)C(=CC[C@H]4[C@@H]5CC[C@H]([C@H](C)CCCC(C)C)[C@@]5(C)CC[C@@H]43)C2)c(C)nc2ccccc2nc(C)c1C(=O)OC1CC[C@@]2(C)C(=CC[C@H]3[C@@H]4CC[C@H]([C@H](C)CCCC(C)C)[C@@]4(C)CC[C@@H]32)C1. The molecule has 0 aliphatic heterocycles. The molecule has 0 amide bonds. The van der Waals surface area contributed by atoms with Crippen LogP contribution in [0.4, 0.5) is 0 Å². The molecule has 1 aromatic heterocycles. The van der Waals surface area contributed by atoms with Crippen molar-refractivity contribution in [3.8, 4) is 0 Å². The molecule has 0 saturated heterocycles. The zero-order valence-electron chi connectivity index (χ0n) is 55.8. The number of carbonyl (C=O) groups is 2. The van der Waals surface area contributed by atoms with Crippen LogP contribution in [0.15, 0.2) is 71.8 Å². The molecule has 0 bridgehead atoms. The van der Waals surface area contributed by atoms with Crippen molar-refractivity contribution in [3.05, 3.63) is 106 Å². The first-order valence-electron chi connectivity index (χ1n) is 35.0. The van der Waals surface area contributed by atoms with Crippen LogP contribution in [0.3, 0.4) is 0 Å². The molecule has 2 aromatic carbocycles. The first-order valence-corrected chi connectivity index (χ1v) is 35.0. The van der Waals surface area contributed by atoms with E-state index < -0.39 is 11.9 Å². The lowest BCUT2D eigenvalue weighted by atomic mass is 9.47. The summed E-state index contributed by atoms with van der Waals surface area (Å²) in [4.78, 5) is 50.7. The molecule has 1 heterocycles. The van der Waals surface area contributed by atoms with Gasteiger partial charge in [0.15, 0.2) is 0 Å². The molecule has 6 saturated carbocycles. The second-order valence-electron chi connectivity index (χ2n) is 31.6. The third-order valence-electron chi connectivity index (χ3n) is 25.8. The summed E-state index contributed by atoms with van der Waals surface area (Å²) in [5, 5.41) is 0. The largest absolute Gasteiger partial charge is 0.458 e. The highest BCUT2D eigenvalue weighted by molar-refractivity contribution is 5.93. The van der Waals surface area contributed by atoms with E-state index in [0.717, 1.165) is 111 Å². The number of para-hydroxylation sites is 4. The minimum absolute atomic E-state index is 0.136. The van der Waals surface area contributed by atoms with Gasteiger partial charge < -0.3 is 9.47 Å². The summed E-state index contributed by atoms with van der Waals surface area (Å²) in [5.41, 5.74) is 9.15. The van der Waals surface area contributed by atoms with Gasteiger partial charge in [-0.15, -0.1) is 0 Å². The van der Waals surface area contributed by atoms with E-state index in [1.165, 1.54) is 101 Å². The van der Waals surface area contributed by atoms with E-state index in [4.69, 9.17) is 29.4 Å². The lowest BCUT2D eigenvalue weighted by Crippen LogP contribution is -2.51. The van der Waals surface area contributed by atoms with Crippen LogP contribution in [0.1, 0.15) is 254 Å². The Morgan fingerprint density at radius 3 is 1.15 bits per heavy atom. The van der Waals surface area contributed by atoms with Crippen LogP contribution in [-0.2, 0) is 9.47 Å². The number of esters is 2. The Bertz CT molecular complexity index is 2930. The van der Waals surface area contributed by atoms with Gasteiger partial charge in [0.25, 0.3) is 0 Å². The number of carbonyl (C=O) groups excluding carboxylic acids is 2. The van der Waals surface area contributed by atoms with Crippen molar-refractivity contribution < 1.29 is 19.1 Å². The predicted molar refractivity (Wildman–Crippen MR) is 351 cm³/mol. The number of aromatic nitrogens is 4. The van der Waals surface area contributed by atoms with Crippen molar-refractivity contribution in [1.82, 2.24) is 19.9 Å². The molecule has 8 aliphatic rings. The number of nitrogens with zero attached hydrogens (tertiary/aromatic N) is 4. The summed E-state index contributed by atoms with van der Waals surface area (Å²) in [6.07, 6.45) is 31.4. The molecule has 11 rings (SSSR count). The smallest absolute Gasteiger partial charge is 0.342 e. The van der Waals surface area contributed by atoms with Gasteiger partial charge in [-0.1, -0.05) is 155 Å². The standard InChI is InChI=1S/C78H110N4O4/c1-47(2)21-19-23-49(5)61-33-35-63-59-31-29-55-45-57(37-41-75(55,11)65(59)39-43-77(61,63)13)85-73(83)71-51(7)79-67-25-15-17-27-69(67)81-53(9)72(54(10)82-70-28-18-16-26-68(70)80-52(71)8)74(84)86-58-38-42-76(12)56(46-58)30-32-60-64-36-34-62(50(6)24-20-22-48(3)4)78(64,14)44-40-66(60)76/h15-18,25-30,47-50,57-66H,19-24,31-46H2,1-14H3/t49-,50-,57?,58?,59+,60+,61-,62-,63+,64+,65+,66+,75+,76+,77-,78-/m1/s1. The van der Waals surface area contributed by atoms with E-state index in [0.29, 0.717) is 78.6 Å². The Balaban J connectivity index is 0.830. The zero-order chi connectivity index (χ0) is 61.0. The lowest BCUT2D eigenvalue weighted by molar-refractivity contribution is -0.0594. The molecule has 8 nitrogen and oxygen atoms in total. The molecule has 0 spiro atoms. The van der Waals surface area contributed by atoms with Crippen molar-refractivity contribution in [3.63, 3.8) is 0 Å². The van der Waals surface area contributed by atoms with E-state index in [1.807, 2.05) is 76.2 Å². The monoisotopic (exact) mass is 1170 g/mol. The first kappa shape index (κ1) is 62.9. The predicted octanol–water partition coefficient (Wildman–Crippen LogP) is 20.2. The lowest BCUT2D eigenvalue weighted by Gasteiger charge is -2.58. The van der Waals surface area contributed by atoms with Gasteiger partial charge in [-0.3, -0.25) is 19.9 Å². The Kier molecular flexibility index (Phi) is 18.5. The molecule has 86 heavy (non-hydrogen) atoms. The van der Waals surface area contributed by atoms with Gasteiger partial charge in [-0.05, 0) is 235 Å². The molecule has 466 valence electrons. The van der Waals surface area contributed by atoms with Crippen molar-refractivity contribution in [2.24, 2.45) is 92.7 Å². The zero-order valence-corrected chi connectivity index (χ0v) is 55.8. The Hall–Kier alpha value is -4.72. The highest BCUT2D eigenvalue weighted by atomic mass is 16.5. The molecule has 16 atom stereocenters. The Labute approximate surface area is 519 Å². The van der Waals surface area contributed by atoms with Gasteiger partial charge in [-0.2, -0.15) is 0 Å². The maximum absolute atomic E-state index is 15.0. The fourth-order valence-electron chi connectivity index (χ4n) is 21.3. The third-order valence-corrected chi connectivity index (χ3v) is 25.8. The van der Waals surface area contributed by atoms with Gasteiger partial charge in [0.2, 0.25) is 0 Å². The fourth-order valence-corrected chi connectivity index (χ4v) is 21.3. The second-order valence-corrected chi connectivity index (χ2v) is 31.6. The summed E-state index contributed by atoms with van der Waals surface area (Å²) in [7, 11) is 0. The summed E-state index contributed by atoms with van der Waals surface area (Å²) in [5.74, 6) is 8.50. The molecular weight excluding hydrogens is 1060 g/mol. The van der Waals surface area contributed by atoms with Crippen LogP contribution in [0.25, 0.3) is 22.1 Å². The molecule has 3 aromatic rings. The third kappa shape index (κ3) is 12.0. The number of aryl methyl sites for hydroxylation is 4. The molecule has 6 fully saturated rings. The van der Waals surface area contributed by atoms with E-state index >= 15 is 0 Å². The summed E-state index contributed by atoms with van der Waals surface area (Å²) >= 11 is 0. The van der Waals surface area contributed by atoms with Crippen LogP contribution in [0.5, 0.6) is 0 Å². The second kappa shape index (κ2) is 25.3. The average molecular weight is 1170 g/mol. The van der Waals surface area contributed by atoms with E-state index in [9.17, 15) is 9.59 Å². The van der Waals surface area contributed by atoms with Crippen molar-refractivity contribution >= 4 is 34.0 Å². The Morgan fingerprint density at radius 2 is 0.814 bits per heavy atom. The minimum atomic E-state index is -0.406. The van der Waals surface area contributed by atoms with Gasteiger partial charge in [0.1, 0.15) is 23.3 Å². The molecule has 0 radical (unpaired) electrons. The minimum Gasteiger partial charge on any atom is -0.458 e. The van der Waals surface area contributed by atoms with Gasteiger partial charge in [0, 0.05) is 12.8 Å². The fraction of sp³-hybridized carbons (Fsp3) is 0.692. The summed E-state index contributed by atoms with van der Waals surface area (Å²) in [6.45, 7) is 32.6. The number of rotatable bonds is 14. The number of fused-ring (bicyclic) bond motifs is 12. The number of benzene rings is 2. The van der Waals surface area contributed by atoms with Crippen molar-refractivity contribution in [2.75, 3.05) is 0 Å².